The fourth-order valence-corrected chi connectivity index (χ4v) is 2.99. The number of aliphatic carboxylic acids is 1. The number of nitrogens with zero attached hydrogens (tertiary/aromatic N) is 1. The molecular formula is C16H22N2O5. The lowest BCUT2D eigenvalue weighted by molar-refractivity contribution is -0.143. The molecule has 1 saturated heterocycles. The third-order valence-corrected chi connectivity index (χ3v) is 4.19. The summed E-state index contributed by atoms with van der Waals surface area (Å²) in [6, 6.07) is 0. The fourth-order valence-electron chi connectivity index (χ4n) is 2.99. The van der Waals surface area contributed by atoms with Gasteiger partial charge in [-0.2, -0.15) is 0 Å². The summed E-state index contributed by atoms with van der Waals surface area (Å²) in [5.41, 5.74) is 1.83. The number of carbonyl (C=O) groups excluding carboxylic acids is 2. The molecular weight excluding hydrogens is 300 g/mol. The van der Waals surface area contributed by atoms with Crippen LogP contribution < -0.4 is 0 Å². The van der Waals surface area contributed by atoms with Crippen molar-refractivity contribution in [2.75, 3.05) is 19.7 Å². The first-order chi connectivity index (χ1) is 10.9. The van der Waals surface area contributed by atoms with E-state index in [9.17, 15) is 14.4 Å². The lowest BCUT2D eigenvalue weighted by Crippen LogP contribution is -2.42. The van der Waals surface area contributed by atoms with Crippen molar-refractivity contribution < 1.29 is 24.2 Å². The normalized spacial score (nSPS) is 17.9. The minimum Gasteiger partial charge on any atom is -0.481 e. The number of esters is 1. The van der Waals surface area contributed by atoms with Crippen molar-refractivity contribution in [3.8, 4) is 0 Å². The maximum Gasteiger partial charge on any atom is 0.340 e. The molecule has 0 aromatic carbocycles. The van der Waals surface area contributed by atoms with Gasteiger partial charge in [-0.15, -0.1) is 0 Å². The fraction of sp³-hybridized carbons (Fsp3) is 0.562. The second-order valence-electron chi connectivity index (χ2n) is 5.77. The Hall–Kier alpha value is -2.31. The van der Waals surface area contributed by atoms with Gasteiger partial charge >= 0.3 is 11.9 Å². The number of carboxylic acids is 1. The van der Waals surface area contributed by atoms with Gasteiger partial charge in [-0.05, 0) is 39.2 Å². The summed E-state index contributed by atoms with van der Waals surface area (Å²) in [4.78, 5) is 40.3. The Balaban J connectivity index is 2.24. The number of piperidine rings is 1. The predicted octanol–water partition coefficient (Wildman–Crippen LogP) is 1.75. The number of H-pyrrole nitrogens is 1. The molecule has 2 rings (SSSR count). The predicted molar refractivity (Wildman–Crippen MR) is 82.5 cm³/mol. The summed E-state index contributed by atoms with van der Waals surface area (Å²) in [6.07, 6.45) is 1.24. The highest BCUT2D eigenvalue weighted by Gasteiger charge is 2.31. The highest BCUT2D eigenvalue weighted by atomic mass is 16.5. The number of hydrogen-bond acceptors (Lipinski definition) is 4. The first kappa shape index (κ1) is 17.1. The Labute approximate surface area is 134 Å². The number of amides is 1. The van der Waals surface area contributed by atoms with E-state index < -0.39 is 17.9 Å². The van der Waals surface area contributed by atoms with Crippen LogP contribution in [0.15, 0.2) is 0 Å². The van der Waals surface area contributed by atoms with Crippen molar-refractivity contribution >= 4 is 17.8 Å². The minimum absolute atomic E-state index is 0.195. The van der Waals surface area contributed by atoms with Gasteiger partial charge in [-0.1, -0.05) is 0 Å². The van der Waals surface area contributed by atoms with Crippen molar-refractivity contribution in [2.45, 2.75) is 33.6 Å². The van der Waals surface area contributed by atoms with Crippen LogP contribution in [0.1, 0.15) is 51.9 Å². The van der Waals surface area contributed by atoms with E-state index in [2.05, 4.69) is 4.98 Å². The molecule has 1 fully saturated rings. The molecule has 2 heterocycles. The van der Waals surface area contributed by atoms with Crippen LogP contribution in [0.3, 0.4) is 0 Å². The van der Waals surface area contributed by atoms with E-state index in [4.69, 9.17) is 9.84 Å². The molecule has 0 spiro atoms. The average molecular weight is 322 g/mol. The van der Waals surface area contributed by atoms with Gasteiger partial charge in [0.1, 0.15) is 5.69 Å². The number of likely N-dealkylation sites (tertiary alicyclic amines) is 1. The zero-order valence-corrected chi connectivity index (χ0v) is 13.6. The molecule has 1 aliphatic heterocycles. The van der Waals surface area contributed by atoms with Gasteiger partial charge in [-0.3, -0.25) is 9.59 Å². The third-order valence-electron chi connectivity index (χ3n) is 4.19. The molecule has 1 aromatic rings. The molecule has 0 radical (unpaired) electrons. The van der Waals surface area contributed by atoms with Crippen molar-refractivity contribution in [2.24, 2.45) is 5.92 Å². The molecule has 1 aromatic heterocycles. The molecule has 0 saturated carbocycles. The van der Waals surface area contributed by atoms with Crippen LogP contribution in [0.2, 0.25) is 0 Å². The maximum atomic E-state index is 12.7. The summed E-state index contributed by atoms with van der Waals surface area (Å²) in [7, 11) is 0. The molecule has 7 heteroatoms. The lowest BCUT2D eigenvalue weighted by Gasteiger charge is -2.30. The lowest BCUT2D eigenvalue weighted by atomic mass is 9.98. The van der Waals surface area contributed by atoms with Gasteiger partial charge in [0, 0.05) is 18.8 Å². The van der Waals surface area contributed by atoms with Crippen LogP contribution in [0.25, 0.3) is 0 Å². The average Bonchev–Trinajstić information content (AvgIpc) is 2.81. The van der Waals surface area contributed by atoms with E-state index in [1.165, 1.54) is 4.90 Å². The number of hydrogen-bond donors (Lipinski definition) is 2. The van der Waals surface area contributed by atoms with Crippen LogP contribution in [-0.2, 0) is 9.53 Å². The van der Waals surface area contributed by atoms with E-state index in [1.807, 2.05) is 0 Å². The molecule has 0 unspecified atom stereocenters. The van der Waals surface area contributed by atoms with Gasteiger partial charge in [0.15, 0.2) is 0 Å². The molecule has 0 aliphatic carbocycles. The monoisotopic (exact) mass is 322 g/mol. The zero-order valence-electron chi connectivity index (χ0n) is 13.6. The van der Waals surface area contributed by atoms with Gasteiger partial charge in [0.25, 0.3) is 5.91 Å². The van der Waals surface area contributed by atoms with E-state index in [-0.39, 0.29) is 19.1 Å². The number of carbonyl (C=O) groups is 3. The number of ether oxygens (including phenoxy) is 1. The van der Waals surface area contributed by atoms with Crippen LogP contribution >= 0.6 is 0 Å². The number of rotatable bonds is 4. The number of aryl methyl sites for hydroxylation is 1. The van der Waals surface area contributed by atoms with Crippen molar-refractivity contribution in [1.82, 2.24) is 9.88 Å². The second kappa shape index (κ2) is 6.85. The molecule has 1 amide bonds. The first-order valence-electron chi connectivity index (χ1n) is 7.75. The Bertz CT molecular complexity index is 635. The molecule has 1 aliphatic rings. The Morgan fingerprint density at radius 1 is 1.35 bits per heavy atom. The molecule has 126 valence electrons. The van der Waals surface area contributed by atoms with Crippen LogP contribution in [0, 0.1) is 19.8 Å². The Kier molecular flexibility index (Phi) is 5.08. The highest BCUT2D eigenvalue weighted by Crippen LogP contribution is 2.23. The van der Waals surface area contributed by atoms with Crippen molar-refractivity contribution in [3.05, 3.63) is 22.5 Å². The summed E-state index contributed by atoms with van der Waals surface area (Å²) in [6.45, 7) is 6.11. The van der Waals surface area contributed by atoms with Crippen molar-refractivity contribution in [1.29, 1.82) is 0 Å². The first-order valence-corrected chi connectivity index (χ1v) is 7.75. The maximum absolute atomic E-state index is 12.7. The third kappa shape index (κ3) is 3.38. The minimum atomic E-state index is -0.880. The van der Waals surface area contributed by atoms with Gasteiger partial charge in [0.2, 0.25) is 0 Å². The summed E-state index contributed by atoms with van der Waals surface area (Å²) < 4.78 is 5.02. The number of aromatic nitrogens is 1. The van der Waals surface area contributed by atoms with Crippen LogP contribution in [-0.4, -0.2) is 52.5 Å². The number of aromatic amines is 1. The summed E-state index contributed by atoms with van der Waals surface area (Å²) in [5.74, 6) is -2.14. The molecule has 0 bridgehead atoms. The SMILES string of the molecule is CCOC(=O)c1c(C)[nH]c(C(=O)N2CCC[C@@H](C(=O)O)C2)c1C. The summed E-state index contributed by atoms with van der Waals surface area (Å²) in [5, 5.41) is 9.14. The van der Waals surface area contributed by atoms with Gasteiger partial charge in [0.05, 0.1) is 18.1 Å². The Morgan fingerprint density at radius 3 is 2.65 bits per heavy atom. The van der Waals surface area contributed by atoms with E-state index >= 15 is 0 Å². The molecule has 1 atom stereocenters. The smallest absolute Gasteiger partial charge is 0.340 e. The van der Waals surface area contributed by atoms with Gasteiger partial charge in [-0.25, -0.2) is 4.79 Å². The van der Waals surface area contributed by atoms with Crippen LogP contribution in [0.4, 0.5) is 0 Å². The summed E-state index contributed by atoms with van der Waals surface area (Å²) >= 11 is 0. The number of carboxylic acid groups (broad SMARTS) is 1. The van der Waals surface area contributed by atoms with Crippen molar-refractivity contribution in [3.63, 3.8) is 0 Å². The largest absolute Gasteiger partial charge is 0.481 e. The highest BCUT2D eigenvalue weighted by molar-refractivity contribution is 6.00. The zero-order chi connectivity index (χ0) is 17.1. The number of nitrogens with one attached hydrogen (secondary N) is 1. The van der Waals surface area contributed by atoms with Crippen LogP contribution in [0.5, 0.6) is 0 Å². The second-order valence-corrected chi connectivity index (χ2v) is 5.77. The molecule has 7 nitrogen and oxygen atoms in total. The topological polar surface area (TPSA) is 99.7 Å². The molecule has 23 heavy (non-hydrogen) atoms. The van der Waals surface area contributed by atoms with Gasteiger partial charge < -0.3 is 19.7 Å². The van der Waals surface area contributed by atoms with E-state index in [0.717, 1.165) is 0 Å². The van der Waals surface area contributed by atoms with E-state index in [1.54, 1.807) is 20.8 Å². The van der Waals surface area contributed by atoms with E-state index in [0.29, 0.717) is 41.9 Å². The molecule has 2 N–H and O–H groups in total. The standard InChI is InChI=1S/C16H22N2O5/c1-4-23-16(22)12-9(2)13(17-10(12)3)14(19)18-7-5-6-11(8-18)15(20)21/h11,17H,4-8H2,1-3H3,(H,20,21)/t11-/m1/s1. The quantitative estimate of drug-likeness (QED) is 0.823. The Morgan fingerprint density at radius 2 is 2.04 bits per heavy atom.